The van der Waals surface area contributed by atoms with Crippen LogP contribution in [0.5, 0.6) is 17.2 Å². The number of rotatable bonds is 32. The molecule has 3 atom stereocenters. The van der Waals surface area contributed by atoms with Gasteiger partial charge in [-0.3, -0.25) is 19.4 Å². The number of amides is 3. The standard InChI is InChI=1S/C28H31ClN4O4.C28H36ClN3O4.C27H30ClN5O4/c1-35-16-17-37-28(34)33-13-10-23-24-18-21(29)6-9-25(24)31-26(23)27(33)20-4-7-22(8-5-20)36-15-3-2-12-32-14-11-30-19-32;1-2-35-28(34)32-16-13-23-24-19-21(29)9-12-25(24)31-26(23)27(32)20-7-10-22(11-8-20)36-18-6-4-3-5-14-30-15-17-33;1-35-14-15-37-27(34)33-12-10-22-23-16-20(28)6-9-24(23)31-25(22)26(33)19-4-7-21(8-5-19)36-13-3-2-11-32-18-29-17-30-32/h4-9,11,14,18-19,27,31H,2-3,10,12-13,15-17H2,1H3;7-12,19,27,30-31,33H,2-6,13-18H2,1H3;4-9,16-18,26,31H,2-3,10-15H2,1H3. The molecule has 0 saturated carbocycles. The summed E-state index contributed by atoms with van der Waals surface area (Å²) < 4.78 is 48.3. The van der Waals surface area contributed by atoms with Crippen LogP contribution in [0.15, 0.2) is 159 Å². The van der Waals surface area contributed by atoms with Crippen molar-refractivity contribution >= 4 is 85.8 Å². The number of hydrogen-bond acceptors (Lipinski definition) is 16. The maximum atomic E-state index is 13.1. The molecule has 8 heterocycles. The number of carbonyl (C=O) groups excluding carboxylic acids is 3. The van der Waals surface area contributed by atoms with Crippen molar-refractivity contribution in [3.05, 3.63) is 224 Å². The lowest BCUT2D eigenvalue weighted by atomic mass is 9.92. The van der Waals surface area contributed by atoms with E-state index in [1.54, 1.807) is 47.8 Å². The highest BCUT2D eigenvalue weighted by molar-refractivity contribution is 6.32. The van der Waals surface area contributed by atoms with E-state index in [0.717, 1.165) is 161 Å². The van der Waals surface area contributed by atoms with Gasteiger partial charge >= 0.3 is 18.3 Å². The maximum absolute atomic E-state index is 13.1. The Morgan fingerprint density at radius 1 is 0.482 bits per heavy atom. The molecular weight excluding hydrogens is 1460 g/mol. The molecular formula is C83H97Cl3N12O12. The van der Waals surface area contributed by atoms with Crippen LogP contribution in [0, 0.1) is 0 Å². The Labute approximate surface area is 655 Å². The van der Waals surface area contributed by atoms with Gasteiger partial charge in [-0.15, -0.1) is 0 Å². The normalized spacial score (nSPS) is 15.1. The van der Waals surface area contributed by atoms with Crippen LogP contribution in [-0.4, -0.2) is 184 Å². The Bertz CT molecular complexity index is 4500. The number of aryl methyl sites for hydroxylation is 2. The Morgan fingerprint density at radius 3 is 1.29 bits per heavy atom. The zero-order valence-electron chi connectivity index (χ0n) is 62.5. The number of methoxy groups -OCH3 is 2. The zero-order chi connectivity index (χ0) is 76.6. The number of aromatic nitrogens is 8. The van der Waals surface area contributed by atoms with Gasteiger partial charge in [-0.25, -0.2) is 24.4 Å². The number of H-pyrrole nitrogens is 3. The minimum Gasteiger partial charge on any atom is -0.494 e. The molecule has 3 aliphatic rings. The molecule has 0 bridgehead atoms. The lowest BCUT2D eigenvalue weighted by molar-refractivity contribution is 0.0626. The predicted molar refractivity (Wildman–Crippen MR) is 425 cm³/mol. The highest BCUT2D eigenvalue weighted by Crippen LogP contribution is 2.44. The van der Waals surface area contributed by atoms with Gasteiger partial charge in [0.15, 0.2) is 0 Å². The average molecular weight is 1560 g/mol. The predicted octanol–water partition coefficient (Wildman–Crippen LogP) is 16.1. The lowest BCUT2D eigenvalue weighted by Gasteiger charge is -2.35. The number of aromatic amines is 3. The Kier molecular flexibility index (Phi) is 29.2. The van der Waals surface area contributed by atoms with Crippen molar-refractivity contribution in [3.63, 3.8) is 0 Å². The molecule has 5 N–H and O–H groups in total. The second kappa shape index (κ2) is 40.2. The van der Waals surface area contributed by atoms with Gasteiger partial charge in [-0.05, 0) is 196 Å². The number of fused-ring (bicyclic) bond motifs is 9. The van der Waals surface area contributed by atoms with Crippen molar-refractivity contribution in [2.75, 3.05) is 106 Å². The van der Waals surface area contributed by atoms with Gasteiger partial charge in [-0.1, -0.05) is 84.0 Å². The van der Waals surface area contributed by atoms with E-state index in [1.165, 1.54) is 16.7 Å². The van der Waals surface area contributed by atoms with Crippen LogP contribution in [0.3, 0.4) is 0 Å². The quantitative estimate of drug-likeness (QED) is 0.0194. The number of aliphatic hydroxyl groups is 1. The number of benzene rings is 6. The fourth-order valence-electron chi connectivity index (χ4n) is 14.5. The van der Waals surface area contributed by atoms with Crippen molar-refractivity contribution in [1.29, 1.82) is 0 Å². The third kappa shape index (κ3) is 20.6. The number of nitrogens with zero attached hydrogens (tertiary/aromatic N) is 8. The first-order valence-corrected chi connectivity index (χ1v) is 39.0. The van der Waals surface area contributed by atoms with Gasteiger partial charge in [-0.2, -0.15) is 5.10 Å². The van der Waals surface area contributed by atoms with Gasteiger partial charge in [0.25, 0.3) is 0 Å². The molecule has 0 fully saturated rings. The highest BCUT2D eigenvalue weighted by Gasteiger charge is 2.39. The summed E-state index contributed by atoms with van der Waals surface area (Å²) in [7, 11) is 3.17. The zero-order valence-corrected chi connectivity index (χ0v) is 64.8. The molecule has 5 aromatic heterocycles. The second-order valence-corrected chi connectivity index (χ2v) is 28.4. The van der Waals surface area contributed by atoms with Crippen LogP contribution in [0.25, 0.3) is 32.7 Å². The molecule has 24 nitrogen and oxygen atoms in total. The molecule has 3 unspecified atom stereocenters. The largest absolute Gasteiger partial charge is 0.494 e. The van der Waals surface area contributed by atoms with Crippen molar-refractivity contribution in [3.8, 4) is 17.2 Å². The molecule has 0 radical (unpaired) electrons. The van der Waals surface area contributed by atoms with Gasteiger partial charge in [0.1, 0.15) is 61.2 Å². The summed E-state index contributed by atoms with van der Waals surface area (Å²) in [4.78, 5) is 63.0. The van der Waals surface area contributed by atoms with E-state index >= 15 is 0 Å². The van der Waals surface area contributed by atoms with Crippen LogP contribution >= 0.6 is 34.8 Å². The molecule has 11 aromatic rings. The number of imidazole rings is 1. The van der Waals surface area contributed by atoms with Crippen LogP contribution in [0.4, 0.5) is 14.4 Å². The van der Waals surface area contributed by atoms with Crippen LogP contribution in [0.1, 0.15) is 127 Å². The molecule has 110 heavy (non-hydrogen) atoms. The number of nitrogens with one attached hydrogen (secondary N) is 4. The summed E-state index contributed by atoms with van der Waals surface area (Å²) in [6.07, 6.45) is 18.2. The smallest absolute Gasteiger partial charge is 0.410 e. The van der Waals surface area contributed by atoms with E-state index in [-0.39, 0.29) is 56.2 Å². The van der Waals surface area contributed by atoms with Gasteiger partial charge in [0.2, 0.25) is 0 Å². The summed E-state index contributed by atoms with van der Waals surface area (Å²) in [5.74, 6) is 2.42. The van der Waals surface area contributed by atoms with Crippen molar-refractivity contribution in [1.82, 2.24) is 59.3 Å². The number of carbonyl (C=O) groups is 3. The Hall–Kier alpha value is -9.79. The summed E-state index contributed by atoms with van der Waals surface area (Å²) in [5, 5.41) is 21.5. The van der Waals surface area contributed by atoms with E-state index in [2.05, 4.69) is 39.9 Å². The third-order valence-electron chi connectivity index (χ3n) is 19.8. The monoisotopic (exact) mass is 1560 g/mol. The van der Waals surface area contributed by atoms with Crippen LogP contribution in [0.2, 0.25) is 15.1 Å². The van der Waals surface area contributed by atoms with E-state index < -0.39 is 0 Å². The molecule has 3 amide bonds. The van der Waals surface area contributed by atoms with Gasteiger partial charge in [0.05, 0.1) is 52.6 Å². The van der Waals surface area contributed by atoms with Crippen molar-refractivity contribution in [2.24, 2.45) is 0 Å². The van der Waals surface area contributed by atoms with E-state index in [9.17, 15) is 14.4 Å². The number of unbranched alkanes of at least 4 members (excludes halogenated alkanes) is 5. The fourth-order valence-corrected chi connectivity index (χ4v) is 15.0. The molecule has 27 heteroatoms. The van der Waals surface area contributed by atoms with Gasteiger partial charge < -0.3 is 67.8 Å². The number of hydrogen-bond donors (Lipinski definition) is 5. The Balaban J connectivity index is 0.000000154. The first-order valence-electron chi connectivity index (χ1n) is 37.9. The minimum absolute atomic E-state index is 0.187. The molecule has 3 aliphatic heterocycles. The molecule has 6 aromatic carbocycles. The molecule has 14 rings (SSSR count). The van der Waals surface area contributed by atoms with Crippen LogP contribution in [-0.2, 0) is 56.0 Å². The fraction of sp³-hybridized carbons (Fsp3) is 0.398. The number of ether oxygens (including phenoxy) is 8. The summed E-state index contributed by atoms with van der Waals surface area (Å²) in [5.41, 5.74) is 12.5. The molecule has 582 valence electrons. The van der Waals surface area contributed by atoms with E-state index in [4.69, 9.17) is 77.8 Å². The van der Waals surface area contributed by atoms with E-state index in [1.807, 2.05) is 152 Å². The molecule has 0 spiro atoms. The third-order valence-corrected chi connectivity index (χ3v) is 20.5. The average Bonchev–Trinajstić information content (AvgIpc) is 1.55. The molecule has 0 saturated heterocycles. The maximum Gasteiger partial charge on any atom is 0.410 e. The minimum atomic E-state index is -0.364. The second-order valence-electron chi connectivity index (χ2n) is 27.1. The first kappa shape index (κ1) is 79.8. The topological polar surface area (TPSA) is 263 Å². The first-order chi connectivity index (χ1) is 53.9. The molecule has 0 aliphatic carbocycles. The number of aliphatic hydroxyl groups excluding tert-OH is 1. The highest BCUT2D eigenvalue weighted by atomic mass is 35.5. The van der Waals surface area contributed by atoms with E-state index in [0.29, 0.717) is 93.7 Å². The Morgan fingerprint density at radius 2 is 0.900 bits per heavy atom. The van der Waals surface area contributed by atoms with Crippen LogP contribution < -0.4 is 19.5 Å². The van der Waals surface area contributed by atoms with Crippen molar-refractivity contribution in [2.45, 2.75) is 109 Å². The lowest BCUT2D eigenvalue weighted by Crippen LogP contribution is -2.41. The summed E-state index contributed by atoms with van der Waals surface area (Å²) >= 11 is 18.9. The van der Waals surface area contributed by atoms with Gasteiger partial charge in [0, 0.05) is 131 Å². The van der Waals surface area contributed by atoms with Crippen molar-refractivity contribution < 1.29 is 57.4 Å². The summed E-state index contributed by atoms with van der Waals surface area (Å²) in [6, 6.07) is 40.6. The number of halogens is 3. The summed E-state index contributed by atoms with van der Waals surface area (Å²) in [6.45, 7) is 10.4. The SMILES string of the molecule is CCOC(=O)N1CCc2c([nH]c3ccc(Cl)cc23)C1c1ccc(OCCCCCCNCCO)cc1.COCCOC(=O)N1CCc2c([nH]c3ccc(Cl)cc23)C1c1ccc(OCCCCn2ccnc2)cc1.COCCOC(=O)N1CCc2c([nH]c3ccc(Cl)cc23)C1c1ccc(OCCCCn2cncn2)cc1.